The Bertz CT molecular complexity index is 2710. The molecule has 1 aliphatic heterocycles. The number of morpholine rings is 1. The summed E-state index contributed by atoms with van der Waals surface area (Å²) in [5, 5.41) is 5.05. The van der Waals surface area contributed by atoms with E-state index in [0.717, 1.165) is 24.5 Å². The fourth-order valence-electron chi connectivity index (χ4n) is 5.63. The van der Waals surface area contributed by atoms with Gasteiger partial charge in [0.1, 0.15) is 20.4 Å². The minimum absolute atomic E-state index is 0.00202. The first-order valence-electron chi connectivity index (χ1n) is 17.2. The van der Waals surface area contributed by atoms with Crippen LogP contribution < -0.4 is 15.4 Å². The summed E-state index contributed by atoms with van der Waals surface area (Å²) in [5.41, 5.74) is -0.206. The summed E-state index contributed by atoms with van der Waals surface area (Å²) in [7, 11) is -15.8. The van der Waals surface area contributed by atoms with Crippen molar-refractivity contribution >= 4 is 75.4 Å². The van der Waals surface area contributed by atoms with E-state index in [2.05, 4.69) is 10.6 Å². The molecule has 21 heteroatoms. The van der Waals surface area contributed by atoms with E-state index in [1.165, 1.54) is 98.1 Å². The number of anilines is 2. The second-order valence-corrected chi connectivity index (χ2v) is 19.9. The standard InChI is InChI=1S/C37H39N3O14S4/c1-24(2)54-58(50,51)34-23-30(38-36(41)27-9-14-31(15-10-27)55(4,43)44)13-8-26(34)6-5-25-7-12-29(22-33(25)57(47,48)49)39-37(42)28-11-16-32(52-3)35(21-28)56(45,46)40-17-19-53-20-18-40/h5-16,21-24H,17-20H2,1-4H3,(H,38,41)(H,39,42)(H,47,48,49)/b6-5+. The number of carbonyl (C=O) groups is 2. The van der Waals surface area contributed by atoms with Crippen LogP contribution in [-0.4, -0.2) is 100 Å². The Labute approximate surface area is 336 Å². The molecule has 0 bridgehead atoms. The van der Waals surface area contributed by atoms with Crippen LogP contribution in [0.15, 0.2) is 98.4 Å². The lowest BCUT2D eigenvalue weighted by molar-refractivity contribution is 0.0729. The van der Waals surface area contributed by atoms with Gasteiger partial charge in [0.05, 0.1) is 31.3 Å². The van der Waals surface area contributed by atoms with Crippen LogP contribution in [0, 0.1) is 0 Å². The van der Waals surface area contributed by atoms with Gasteiger partial charge in [-0.2, -0.15) is 21.1 Å². The van der Waals surface area contributed by atoms with Crippen molar-refractivity contribution in [3.63, 3.8) is 0 Å². The van der Waals surface area contributed by atoms with Gasteiger partial charge in [-0.3, -0.25) is 18.3 Å². The number of amides is 2. The van der Waals surface area contributed by atoms with Gasteiger partial charge in [-0.05, 0) is 91.7 Å². The first-order chi connectivity index (χ1) is 27.1. The van der Waals surface area contributed by atoms with E-state index in [1.807, 2.05) is 0 Å². The molecule has 1 aliphatic rings. The Morgan fingerprint density at radius 3 is 1.76 bits per heavy atom. The third-order valence-corrected chi connectivity index (χ3v) is 13.9. The molecule has 1 saturated heterocycles. The molecule has 0 saturated carbocycles. The van der Waals surface area contributed by atoms with E-state index in [1.54, 1.807) is 0 Å². The highest BCUT2D eigenvalue weighted by Crippen LogP contribution is 2.31. The van der Waals surface area contributed by atoms with Crippen molar-refractivity contribution in [1.82, 2.24) is 4.31 Å². The maximum Gasteiger partial charge on any atom is 0.297 e. The van der Waals surface area contributed by atoms with Gasteiger partial charge >= 0.3 is 0 Å². The minimum Gasteiger partial charge on any atom is -0.495 e. The molecule has 17 nitrogen and oxygen atoms in total. The van der Waals surface area contributed by atoms with Gasteiger partial charge in [-0.25, -0.2) is 16.8 Å². The van der Waals surface area contributed by atoms with Crippen LogP contribution >= 0.6 is 0 Å². The number of methoxy groups -OCH3 is 1. The van der Waals surface area contributed by atoms with E-state index in [0.29, 0.717) is 0 Å². The zero-order chi connectivity index (χ0) is 42.6. The van der Waals surface area contributed by atoms with Crippen molar-refractivity contribution in [2.75, 3.05) is 50.3 Å². The van der Waals surface area contributed by atoms with Gasteiger partial charge in [0.15, 0.2) is 9.84 Å². The first kappa shape index (κ1) is 44.1. The molecule has 0 aromatic heterocycles. The Morgan fingerprint density at radius 1 is 0.724 bits per heavy atom. The van der Waals surface area contributed by atoms with E-state index in [9.17, 15) is 47.8 Å². The van der Waals surface area contributed by atoms with E-state index in [-0.39, 0.29) is 75.5 Å². The zero-order valence-corrected chi connectivity index (χ0v) is 34.7. The monoisotopic (exact) mass is 877 g/mol. The first-order valence-corrected chi connectivity index (χ1v) is 23.3. The Hall–Kier alpha value is -5.00. The Balaban J connectivity index is 1.44. The molecule has 0 spiro atoms. The lowest BCUT2D eigenvalue weighted by Crippen LogP contribution is -2.40. The van der Waals surface area contributed by atoms with Crippen molar-refractivity contribution in [2.45, 2.75) is 39.5 Å². The number of ether oxygens (including phenoxy) is 2. The SMILES string of the molecule is COc1ccc(C(=O)Nc2ccc(/C=C/c3ccc(NC(=O)c4ccc(S(C)(=O)=O)cc4)cc3S(=O)(=O)OC(C)C)c(S(=O)(=O)O)c2)cc1S(=O)(=O)N1CCOCC1. The van der Waals surface area contributed by atoms with Crippen LogP contribution in [0.25, 0.3) is 12.2 Å². The van der Waals surface area contributed by atoms with Gasteiger partial charge in [-0.1, -0.05) is 24.3 Å². The number of nitrogens with one attached hydrogen (secondary N) is 2. The van der Waals surface area contributed by atoms with Crippen LogP contribution in [0.3, 0.4) is 0 Å². The molecule has 0 aliphatic carbocycles. The summed E-state index contributed by atoms with van der Waals surface area (Å²) >= 11 is 0. The van der Waals surface area contributed by atoms with Crippen molar-refractivity contribution in [1.29, 1.82) is 0 Å². The number of sulfonamides is 1. The lowest BCUT2D eigenvalue weighted by Gasteiger charge is -2.26. The second-order valence-electron chi connectivity index (χ2n) is 13.0. The molecule has 58 heavy (non-hydrogen) atoms. The van der Waals surface area contributed by atoms with Crippen LogP contribution in [0.1, 0.15) is 45.7 Å². The van der Waals surface area contributed by atoms with Gasteiger partial charge < -0.3 is 20.1 Å². The van der Waals surface area contributed by atoms with Crippen molar-refractivity contribution in [3.8, 4) is 5.75 Å². The molecule has 0 atom stereocenters. The number of nitrogens with zero attached hydrogens (tertiary/aromatic N) is 1. The van der Waals surface area contributed by atoms with Gasteiger partial charge in [0, 0.05) is 41.8 Å². The molecule has 4 aromatic carbocycles. The topological polar surface area (TPSA) is 246 Å². The zero-order valence-electron chi connectivity index (χ0n) is 31.4. The third kappa shape index (κ3) is 10.5. The quantitative estimate of drug-likeness (QED) is 0.0916. The second kappa shape index (κ2) is 17.5. The van der Waals surface area contributed by atoms with Crippen LogP contribution in [-0.2, 0) is 49.0 Å². The third-order valence-electron chi connectivity index (χ3n) is 8.41. The molecule has 0 radical (unpaired) electrons. The summed E-state index contributed by atoms with van der Waals surface area (Å²) in [6.07, 6.45) is 2.67. The van der Waals surface area contributed by atoms with E-state index >= 15 is 0 Å². The predicted molar refractivity (Wildman–Crippen MR) is 213 cm³/mol. The number of rotatable bonds is 14. The fraction of sp³-hybridized carbons (Fsp3) is 0.243. The van der Waals surface area contributed by atoms with Gasteiger partial charge in [0.2, 0.25) is 10.0 Å². The maximum absolute atomic E-state index is 13.4. The average Bonchev–Trinajstić information content (AvgIpc) is 3.16. The van der Waals surface area contributed by atoms with Crippen molar-refractivity contribution in [3.05, 3.63) is 101 Å². The molecule has 0 unspecified atom stereocenters. The maximum atomic E-state index is 13.4. The molecule has 310 valence electrons. The Kier molecular flexibility index (Phi) is 13.3. The van der Waals surface area contributed by atoms with Crippen LogP contribution in [0.5, 0.6) is 5.75 Å². The largest absolute Gasteiger partial charge is 0.495 e. The van der Waals surface area contributed by atoms with Crippen LogP contribution in [0.2, 0.25) is 0 Å². The average molecular weight is 878 g/mol. The summed E-state index contributed by atoms with van der Waals surface area (Å²) < 4.78 is 129. The summed E-state index contributed by atoms with van der Waals surface area (Å²) in [5.74, 6) is -1.49. The lowest BCUT2D eigenvalue weighted by atomic mass is 10.1. The van der Waals surface area contributed by atoms with E-state index < -0.39 is 67.8 Å². The molecule has 3 N–H and O–H groups in total. The van der Waals surface area contributed by atoms with E-state index in [4.69, 9.17) is 13.7 Å². The number of hydrogen-bond acceptors (Lipinski definition) is 13. The molecular weight excluding hydrogens is 839 g/mol. The smallest absolute Gasteiger partial charge is 0.297 e. The van der Waals surface area contributed by atoms with Crippen molar-refractivity contribution < 1.29 is 61.5 Å². The van der Waals surface area contributed by atoms with Crippen LogP contribution in [0.4, 0.5) is 11.4 Å². The van der Waals surface area contributed by atoms with Gasteiger partial charge in [0.25, 0.3) is 32.1 Å². The summed E-state index contributed by atoms with van der Waals surface area (Å²) in [6, 6.07) is 16.2. The number of hydrogen-bond donors (Lipinski definition) is 3. The number of carbonyl (C=O) groups excluding carboxylic acids is 2. The summed E-state index contributed by atoms with van der Waals surface area (Å²) in [6.45, 7) is 3.55. The molecule has 1 fully saturated rings. The highest BCUT2D eigenvalue weighted by atomic mass is 32.2. The number of sulfone groups is 1. The van der Waals surface area contributed by atoms with Crippen molar-refractivity contribution in [2.24, 2.45) is 0 Å². The molecular formula is C37H39N3O14S4. The Morgan fingerprint density at radius 2 is 1.24 bits per heavy atom. The molecule has 5 rings (SSSR count). The fourth-order valence-corrected chi connectivity index (χ4v) is 9.87. The molecule has 4 aromatic rings. The number of benzene rings is 4. The molecule has 1 heterocycles. The highest BCUT2D eigenvalue weighted by Gasteiger charge is 2.30. The normalized spacial score (nSPS) is 14.4. The molecule has 2 amide bonds. The highest BCUT2D eigenvalue weighted by molar-refractivity contribution is 7.90. The minimum atomic E-state index is -4.96. The predicted octanol–water partition coefficient (Wildman–Crippen LogP) is 4.16. The summed E-state index contributed by atoms with van der Waals surface area (Å²) in [4.78, 5) is 25.0. The van der Waals surface area contributed by atoms with Gasteiger partial charge in [-0.15, -0.1) is 0 Å².